The van der Waals surface area contributed by atoms with E-state index in [0.717, 1.165) is 18.4 Å². The van der Waals surface area contributed by atoms with Crippen molar-refractivity contribution in [2.45, 2.75) is 32.7 Å². The van der Waals surface area contributed by atoms with Crippen molar-refractivity contribution in [3.8, 4) is 17.4 Å². The van der Waals surface area contributed by atoms with E-state index in [0.29, 0.717) is 29.0 Å². The number of benzene rings is 1. The van der Waals surface area contributed by atoms with Gasteiger partial charge in [-0.25, -0.2) is 4.98 Å². The number of nitrogens with two attached hydrogens (primary N) is 1. The van der Waals surface area contributed by atoms with Crippen molar-refractivity contribution < 1.29 is 14.9 Å². The maximum absolute atomic E-state index is 10.1. The number of phenolic OH excluding ortho intramolecular Hbond substituents is 2. The third kappa shape index (κ3) is 3.17. The zero-order valence-corrected chi connectivity index (χ0v) is 13.2. The highest BCUT2D eigenvalue weighted by atomic mass is 16.5. The van der Waals surface area contributed by atoms with Crippen LogP contribution in [0.2, 0.25) is 0 Å². The lowest BCUT2D eigenvalue weighted by atomic mass is 10.1. The van der Waals surface area contributed by atoms with Gasteiger partial charge in [-0.15, -0.1) is 0 Å². The van der Waals surface area contributed by atoms with Crippen LogP contribution >= 0.6 is 0 Å². The summed E-state index contributed by atoms with van der Waals surface area (Å²) in [5.74, 6) is 0.131. The first-order valence-corrected chi connectivity index (χ1v) is 7.34. The zero-order valence-electron chi connectivity index (χ0n) is 13.2. The molecule has 1 heterocycles. The molecule has 5 N–H and O–H groups in total. The van der Waals surface area contributed by atoms with Gasteiger partial charge >= 0.3 is 0 Å². The molecule has 0 saturated carbocycles. The third-order valence-corrected chi connectivity index (χ3v) is 3.66. The molecule has 0 aliphatic carbocycles. The number of anilines is 1. The largest absolute Gasteiger partial charge is 0.504 e. The minimum Gasteiger partial charge on any atom is -0.504 e. The second kappa shape index (κ2) is 6.70. The van der Waals surface area contributed by atoms with E-state index in [4.69, 9.17) is 10.5 Å². The van der Waals surface area contributed by atoms with Crippen molar-refractivity contribution in [3.63, 3.8) is 0 Å². The fraction of sp³-hybridized carbons (Fsp3) is 0.438. The Morgan fingerprint density at radius 3 is 2.73 bits per heavy atom. The van der Waals surface area contributed by atoms with Crippen molar-refractivity contribution in [3.05, 3.63) is 17.7 Å². The molecule has 0 aliphatic rings. The Bertz CT molecular complexity index is 673. The summed E-state index contributed by atoms with van der Waals surface area (Å²) in [4.78, 5) is 4.41. The van der Waals surface area contributed by atoms with Crippen molar-refractivity contribution in [1.29, 1.82) is 0 Å². The summed E-state index contributed by atoms with van der Waals surface area (Å²) in [6, 6.07) is 3.38. The number of methoxy groups -OCH3 is 1. The Hall–Kier alpha value is -2.21. The Balaban J connectivity index is 2.53. The number of hydrogen-bond acceptors (Lipinski definition) is 6. The molecule has 22 heavy (non-hydrogen) atoms. The van der Waals surface area contributed by atoms with E-state index in [-0.39, 0.29) is 17.5 Å². The predicted octanol–water partition coefficient (Wildman–Crippen LogP) is 2.50. The van der Waals surface area contributed by atoms with Gasteiger partial charge in [-0.3, -0.25) is 0 Å². The van der Waals surface area contributed by atoms with Crippen LogP contribution in [-0.4, -0.2) is 34.9 Å². The van der Waals surface area contributed by atoms with E-state index in [9.17, 15) is 10.2 Å². The molecule has 1 unspecified atom stereocenters. The highest BCUT2D eigenvalue weighted by Gasteiger charge is 2.17. The molecule has 0 bridgehead atoms. The molecule has 0 fully saturated rings. The molecular formula is C16H23N3O3. The van der Waals surface area contributed by atoms with E-state index in [1.165, 1.54) is 6.07 Å². The Morgan fingerprint density at radius 2 is 2.09 bits per heavy atom. The molecule has 120 valence electrons. The minimum atomic E-state index is -0.170. The van der Waals surface area contributed by atoms with Gasteiger partial charge < -0.3 is 26.0 Å². The number of aromatic hydroxyl groups is 2. The number of ether oxygens (including phenoxy) is 1. The van der Waals surface area contributed by atoms with Crippen molar-refractivity contribution in [1.82, 2.24) is 4.98 Å². The maximum atomic E-state index is 10.1. The van der Waals surface area contributed by atoms with Crippen molar-refractivity contribution >= 4 is 16.6 Å². The molecule has 6 heteroatoms. The van der Waals surface area contributed by atoms with Gasteiger partial charge in [-0.2, -0.15) is 0 Å². The third-order valence-electron chi connectivity index (χ3n) is 3.66. The summed E-state index contributed by atoms with van der Waals surface area (Å²) >= 11 is 0. The van der Waals surface area contributed by atoms with E-state index < -0.39 is 0 Å². The molecule has 0 amide bonds. The van der Waals surface area contributed by atoms with Crippen LogP contribution in [0.3, 0.4) is 0 Å². The van der Waals surface area contributed by atoms with Crippen LogP contribution in [0.25, 0.3) is 10.9 Å². The second-order valence-electron chi connectivity index (χ2n) is 5.47. The van der Waals surface area contributed by atoms with Crippen LogP contribution < -0.4 is 15.8 Å². The summed E-state index contributed by atoms with van der Waals surface area (Å²) < 4.78 is 5.20. The number of fused-ring (bicyclic) bond motifs is 1. The summed E-state index contributed by atoms with van der Waals surface area (Å²) in [5.41, 5.74) is 7.56. The number of hydrogen-bond donors (Lipinski definition) is 4. The van der Waals surface area contributed by atoms with Gasteiger partial charge in [0.05, 0.1) is 18.2 Å². The van der Waals surface area contributed by atoms with E-state index >= 15 is 0 Å². The van der Waals surface area contributed by atoms with Crippen LogP contribution in [0.1, 0.15) is 25.3 Å². The Kier molecular flexibility index (Phi) is 4.92. The van der Waals surface area contributed by atoms with Gasteiger partial charge in [-0.05, 0) is 38.8 Å². The molecule has 1 atom stereocenters. The molecule has 1 aromatic heterocycles. The second-order valence-corrected chi connectivity index (χ2v) is 5.47. The van der Waals surface area contributed by atoms with Gasteiger partial charge in [0.2, 0.25) is 5.88 Å². The Labute approximate surface area is 129 Å². The van der Waals surface area contributed by atoms with Crippen LogP contribution in [0, 0.1) is 6.92 Å². The van der Waals surface area contributed by atoms with Crippen LogP contribution in [-0.2, 0) is 0 Å². The normalized spacial score (nSPS) is 12.4. The summed E-state index contributed by atoms with van der Waals surface area (Å²) in [6.07, 6.45) is 1.81. The lowest BCUT2D eigenvalue weighted by Gasteiger charge is -2.18. The smallest absolute Gasteiger partial charge is 0.213 e. The molecule has 2 rings (SSSR count). The van der Waals surface area contributed by atoms with Gasteiger partial charge in [0.25, 0.3) is 0 Å². The quantitative estimate of drug-likeness (QED) is 0.483. The first-order chi connectivity index (χ1) is 10.5. The van der Waals surface area contributed by atoms with Crippen molar-refractivity contribution in [2.75, 3.05) is 19.0 Å². The zero-order chi connectivity index (χ0) is 16.3. The van der Waals surface area contributed by atoms with Gasteiger partial charge in [-0.1, -0.05) is 0 Å². The average Bonchev–Trinajstić information content (AvgIpc) is 2.49. The van der Waals surface area contributed by atoms with Gasteiger partial charge in [0.15, 0.2) is 11.5 Å². The molecule has 0 spiro atoms. The van der Waals surface area contributed by atoms with Gasteiger partial charge in [0.1, 0.15) is 5.52 Å². The van der Waals surface area contributed by atoms with Crippen molar-refractivity contribution in [2.24, 2.45) is 5.73 Å². The number of nitrogens with zero attached hydrogens (tertiary/aromatic N) is 1. The molecule has 0 saturated heterocycles. The highest BCUT2D eigenvalue weighted by molar-refractivity contribution is 5.99. The Morgan fingerprint density at radius 1 is 1.36 bits per heavy atom. The number of aryl methyl sites for hydroxylation is 1. The number of pyridine rings is 1. The van der Waals surface area contributed by atoms with E-state index in [1.54, 1.807) is 13.2 Å². The standard InChI is InChI=1S/C16H23N3O3/c1-9-7-13(22-3)19-15-11(18-10(2)5-4-6-17)8-12(20)16(21)14(9)15/h7-8,10,18,20-21H,4-6,17H2,1-3H3. The lowest BCUT2D eigenvalue weighted by molar-refractivity contribution is 0.398. The summed E-state index contributed by atoms with van der Waals surface area (Å²) in [7, 11) is 1.55. The van der Waals surface area contributed by atoms with Crippen LogP contribution in [0.4, 0.5) is 5.69 Å². The number of aromatic nitrogens is 1. The SMILES string of the molecule is COc1cc(C)c2c(O)c(O)cc(NC(C)CCCN)c2n1. The molecule has 0 aliphatic heterocycles. The fourth-order valence-electron chi connectivity index (χ4n) is 2.51. The van der Waals surface area contributed by atoms with E-state index in [2.05, 4.69) is 10.3 Å². The molecule has 6 nitrogen and oxygen atoms in total. The fourth-order valence-corrected chi connectivity index (χ4v) is 2.51. The predicted molar refractivity (Wildman–Crippen MR) is 87.7 cm³/mol. The highest BCUT2D eigenvalue weighted by Crippen LogP contribution is 2.40. The number of phenols is 2. The summed E-state index contributed by atoms with van der Waals surface area (Å²) in [5, 5.41) is 23.9. The molecule has 0 radical (unpaired) electrons. The molecule has 1 aromatic carbocycles. The number of rotatable bonds is 6. The van der Waals surface area contributed by atoms with Crippen LogP contribution in [0.15, 0.2) is 12.1 Å². The topological polar surface area (TPSA) is 101 Å². The lowest BCUT2D eigenvalue weighted by Crippen LogP contribution is -2.17. The molecular weight excluding hydrogens is 282 g/mol. The molecule has 2 aromatic rings. The first-order valence-electron chi connectivity index (χ1n) is 7.34. The first kappa shape index (κ1) is 16.2. The monoisotopic (exact) mass is 305 g/mol. The maximum Gasteiger partial charge on any atom is 0.213 e. The minimum absolute atomic E-state index is 0.164. The number of nitrogens with one attached hydrogen (secondary N) is 1. The van der Waals surface area contributed by atoms with Crippen LogP contribution in [0.5, 0.6) is 17.4 Å². The van der Waals surface area contributed by atoms with E-state index in [1.807, 2.05) is 13.8 Å². The average molecular weight is 305 g/mol. The summed E-state index contributed by atoms with van der Waals surface area (Å²) in [6.45, 7) is 4.52. The van der Waals surface area contributed by atoms with Gasteiger partial charge in [0, 0.05) is 18.2 Å².